The molecule has 0 radical (unpaired) electrons. The highest BCUT2D eigenvalue weighted by atomic mass is 32.2. The molecule has 148 valence electrons. The lowest BCUT2D eigenvalue weighted by Gasteiger charge is -2.34. The number of nitrogens with zero attached hydrogens (tertiary/aromatic N) is 3. The van der Waals surface area contributed by atoms with E-state index in [4.69, 9.17) is 5.26 Å². The van der Waals surface area contributed by atoms with Crippen LogP contribution in [0.3, 0.4) is 0 Å². The zero-order chi connectivity index (χ0) is 20.1. The number of nitriles is 1. The maximum Gasteiger partial charge on any atom is 0.243 e. The Morgan fingerprint density at radius 3 is 2.14 bits per heavy atom. The molecule has 2 aromatic rings. The third-order valence-corrected chi connectivity index (χ3v) is 7.43. The van der Waals surface area contributed by atoms with Gasteiger partial charge in [0, 0.05) is 32.7 Å². The van der Waals surface area contributed by atoms with Crippen molar-refractivity contribution in [3.05, 3.63) is 65.2 Å². The zero-order valence-electron chi connectivity index (χ0n) is 16.5. The maximum atomic E-state index is 13.0. The van der Waals surface area contributed by atoms with Crippen molar-refractivity contribution in [1.29, 1.82) is 5.26 Å². The summed E-state index contributed by atoms with van der Waals surface area (Å²) in [6.07, 6.45) is 1.04. The monoisotopic (exact) mass is 397 g/mol. The average Bonchev–Trinajstić information content (AvgIpc) is 2.74. The fraction of sp³-hybridized carbons (Fsp3) is 0.409. The van der Waals surface area contributed by atoms with Crippen LogP contribution in [0.4, 0.5) is 0 Å². The summed E-state index contributed by atoms with van der Waals surface area (Å²) in [6, 6.07) is 17.0. The van der Waals surface area contributed by atoms with E-state index in [1.165, 1.54) is 5.56 Å². The largest absolute Gasteiger partial charge is 0.296 e. The molecule has 1 heterocycles. The fourth-order valence-corrected chi connectivity index (χ4v) is 4.85. The number of piperazine rings is 1. The first-order valence-corrected chi connectivity index (χ1v) is 11.2. The van der Waals surface area contributed by atoms with Gasteiger partial charge in [-0.1, -0.05) is 38.1 Å². The number of benzene rings is 2. The summed E-state index contributed by atoms with van der Waals surface area (Å²) >= 11 is 0. The van der Waals surface area contributed by atoms with Crippen LogP contribution < -0.4 is 0 Å². The van der Waals surface area contributed by atoms with Crippen molar-refractivity contribution >= 4 is 10.0 Å². The second kappa shape index (κ2) is 8.87. The van der Waals surface area contributed by atoms with E-state index in [1.807, 2.05) is 36.4 Å². The van der Waals surface area contributed by atoms with Gasteiger partial charge in [-0.2, -0.15) is 9.57 Å². The lowest BCUT2D eigenvalue weighted by Crippen LogP contribution is -2.48. The molecule has 1 unspecified atom stereocenters. The second-order valence-corrected chi connectivity index (χ2v) is 9.31. The number of hydrogen-bond acceptors (Lipinski definition) is 4. The molecule has 1 saturated heterocycles. The molecular weight excluding hydrogens is 370 g/mol. The topological polar surface area (TPSA) is 64.4 Å². The summed E-state index contributed by atoms with van der Waals surface area (Å²) < 4.78 is 27.5. The summed E-state index contributed by atoms with van der Waals surface area (Å²) in [4.78, 5) is 2.62. The van der Waals surface area contributed by atoms with Crippen molar-refractivity contribution in [2.75, 3.05) is 26.2 Å². The van der Waals surface area contributed by atoms with E-state index in [0.717, 1.165) is 18.5 Å². The Bertz CT molecular complexity index is 923. The lowest BCUT2D eigenvalue weighted by molar-refractivity contribution is 0.181. The number of sulfonamides is 1. The Balaban J connectivity index is 1.60. The van der Waals surface area contributed by atoms with E-state index in [-0.39, 0.29) is 0 Å². The minimum absolute atomic E-state index is 0.375. The molecule has 0 N–H and O–H groups in total. The van der Waals surface area contributed by atoms with Gasteiger partial charge in [0.15, 0.2) is 0 Å². The van der Waals surface area contributed by atoms with Gasteiger partial charge >= 0.3 is 0 Å². The van der Waals surface area contributed by atoms with Gasteiger partial charge in [-0.05, 0) is 47.7 Å². The third-order valence-electron chi connectivity index (χ3n) is 5.52. The molecule has 0 saturated carbocycles. The number of hydrogen-bond donors (Lipinski definition) is 0. The molecule has 1 aliphatic rings. The van der Waals surface area contributed by atoms with Gasteiger partial charge in [-0.25, -0.2) is 8.42 Å². The molecule has 0 aromatic heterocycles. The molecule has 1 atom stereocenters. The maximum absolute atomic E-state index is 13.0. The van der Waals surface area contributed by atoms with Crippen molar-refractivity contribution in [2.45, 2.75) is 37.6 Å². The Kier molecular flexibility index (Phi) is 6.50. The fourth-order valence-electron chi connectivity index (χ4n) is 3.42. The summed E-state index contributed by atoms with van der Waals surface area (Å²) in [5, 5.41) is 8.88. The van der Waals surface area contributed by atoms with Gasteiger partial charge in [0.1, 0.15) is 0 Å². The standard InChI is InChI=1S/C22H27N3O2S/c1-3-18(2)21-8-10-22(11-9-21)28(26,27)25-14-12-24(13-15-25)17-20-6-4-19(16-23)5-7-20/h4-11,18H,3,12-15,17H2,1-2H3. The van der Waals surface area contributed by atoms with E-state index >= 15 is 0 Å². The zero-order valence-corrected chi connectivity index (χ0v) is 17.3. The summed E-state index contributed by atoms with van der Waals surface area (Å²) in [5.41, 5.74) is 2.96. The minimum Gasteiger partial charge on any atom is -0.296 e. The highest BCUT2D eigenvalue weighted by Crippen LogP contribution is 2.23. The Labute approximate surface area is 168 Å². The molecule has 5 nitrogen and oxygen atoms in total. The minimum atomic E-state index is -3.45. The lowest BCUT2D eigenvalue weighted by atomic mass is 9.99. The summed E-state index contributed by atoms with van der Waals surface area (Å²) in [7, 11) is -3.45. The van der Waals surface area contributed by atoms with Crippen LogP contribution >= 0.6 is 0 Å². The van der Waals surface area contributed by atoms with E-state index < -0.39 is 10.0 Å². The van der Waals surface area contributed by atoms with Crippen LogP contribution in [0.25, 0.3) is 0 Å². The molecule has 0 aliphatic carbocycles. The molecule has 1 fully saturated rings. The van der Waals surface area contributed by atoms with Crippen LogP contribution in [0.1, 0.15) is 42.9 Å². The van der Waals surface area contributed by atoms with Crippen LogP contribution in [-0.2, 0) is 16.6 Å². The Morgan fingerprint density at radius 1 is 1.00 bits per heavy atom. The van der Waals surface area contributed by atoms with E-state index in [9.17, 15) is 8.42 Å². The van der Waals surface area contributed by atoms with Crippen LogP contribution in [0.15, 0.2) is 53.4 Å². The van der Waals surface area contributed by atoms with E-state index in [1.54, 1.807) is 16.4 Å². The highest BCUT2D eigenvalue weighted by Gasteiger charge is 2.28. The van der Waals surface area contributed by atoms with Crippen LogP contribution in [-0.4, -0.2) is 43.8 Å². The summed E-state index contributed by atoms with van der Waals surface area (Å²) in [5.74, 6) is 0.433. The first kappa shape index (κ1) is 20.5. The molecule has 3 rings (SSSR count). The van der Waals surface area contributed by atoms with Gasteiger partial charge in [-0.3, -0.25) is 4.90 Å². The van der Waals surface area contributed by atoms with Gasteiger partial charge in [-0.15, -0.1) is 0 Å². The molecule has 6 heteroatoms. The smallest absolute Gasteiger partial charge is 0.243 e. The number of rotatable bonds is 6. The van der Waals surface area contributed by atoms with Crippen molar-refractivity contribution in [3.63, 3.8) is 0 Å². The molecule has 0 spiro atoms. The first-order valence-electron chi connectivity index (χ1n) is 9.75. The van der Waals surface area contributed by atoms with E-state index in [2.05, 4.69) is 24.8 Å². The van der Waals surface area contributed by atoms with Crippen LogP contribution in [0.5, 0.6) is 0 Å². The van der Waals surface area contributed by atoms with Gasteiger partial charge in [0.25, 0.3) is 0 Å². The molecule has 2 aromatic carbocycles. The SMILES string of the molecule is CCC(C)c1ccc(S(=O)(=O)N2CCN(Cc3ccc(C#N)cc3)CC2)cc1. The van der Waals surface area contributed by atoms with Crippen molar-refractivity contribution in [3.8, 4) is 6.07 Å². The Morgan fingerprint density at radius 2 is 1.61 bits per heavy atom. The molecular formula is C22H27N3O2S. The predicted octanol–water partition coefficient (Wildman–Crippen LogP) is 3.58. The van der Waals surface area contributed by atoms with Crippen LogP contribution in [0.2, 0.25) is 0 Å². The van der Waals surface area contributed by atoms with Crippen molar-refractivity contribution in [2.24, 2.45) is 0 Å². The predicted molar refractivity (Wildman–Crippen MR) is 110 cm³/mol. The quantitative estimate of drug-likeness (QED) is 0.747. The van der Waals surface area contributed by atoms with Gasteiger partial charge in [0.2, 0.25) is 10.0 Å². The average molecular weight is 398 g/mol. The van der Waals surface area contributed by atoms with Gasteiger partial charge < -0.3 is 0 Å². The first-order chi connectivity index (χ1) is 13.4. The third kappa shape index (κ3) is 4.61. The normalized spacial score (nSPS) is 17.2. The molecule has 0 bridgehead atoms. The van der Waals surface area contributed by atoms with Crippen LogP contribution in [0, 0.1) is 11.3 Å². The van der Waals surface area contributed by atoms with Crippen molar-refractivity contribution < 1.29 is 8.42 Å². The molecule has 0 amide bonds. The molecule has 1 aliphatic heterocycles. The van der Waals surface area contributed by atoms with Gasteiger partial charge in [0.05, 0.1) is 16.5 Å². The molecule has 28 heavy (non-hydrogen) atoms. The summed E-state index contributed by atoms with van der Waals surface area (Å²) in [6.45, 7) is 7.43. The van der Waals surface area contributed by atoms with Crippen molar-refractivity contribution in [1.82, 2.24) is 9.21 Å². The highest BCUT2D eigenvalue weighted by molar-refractivity contribution is 7.89. The Hall–Kier alpha value is -2.20. The van der Waals surface area contributed by atoms with E-state index in [0.29, 0.717) is 42.6 Å². The second-order valence-electron chi connectivity index (χ2n) is 7.37.